The SMILES string of the molecule is Cc1cc(C2=NNC(=NC3CC3)SC2)c(C)n1CCc1cccs1. The normalized spacial score (nSPS) is 19.4. The van der Waals surface area contributed by atoms with Gasteiger partial charge >= 0.3 is 0 Å². The monoisotopic (exact) mass is 358 g/mol. The highest BCUT2D eigenvalue weighted by molar-refractivity contribution is 8.14. The number of nitrogens with one attached hydrogen (secondary N) is 1. The van der Waals surface area contributed by atoms with Crippen LogP contribution in [-0.4, -0.2) is 27.2 Å². The van der Waals surface area contributed by atoms with Crippen molar-refractivity contribution in [1.82, 2.24) is 9.99 Å². The van der Waals surface area contributed by atoms with Crippen LogP contribution in [-0.2, 0) is 13.0 Å². The van der Waals surface area contributed by atoms with Gasteiger partial charge in [-0.15, -0.1) is 11.3 Å². The van der Waals surface area contributed by atoms with E-state index in [1.54, 1.807) is 11.8 Å². The Morgan fingerprint density at radius 2 is 2.25 bits per heavy atom. The van der Waals surface area contributed by atoms with Crippen LogP contribution in [0.2, 0.25) is 0 Å². The lowest BCUT2D eigenvalue weighted by molar-refractivity contribution is 0.668. The topological polar surface area (TPSA) is 41.7 Å². The number of thiophene rings is 1. The van der Waals surface area contributed by atoms with E-state index in [0.29, 0.717) is 6.04 Å². The molecule has 1 saturated carbocycles. The molecule has 0 atom stereocenters. The standard InChI is InChI=1S/C18H22N4S2/c1-12-10-16(13(2)22(12)8-7-15-4-3-9-23-15)17-11-24-18(21-20-17)19-14-5-6-14/h3-4,9-10,14H,5-8,11H2,1-2H3,(H,19,21). The van der Waals surface area contributed by atoms with Crippen molar-refractivity contribution in [2.24, 2.45) is 10.1 Å². The number of thioether (sulfide) groups is 1. The van der Waals surface area contributed by atoms with Gasteiger partial charge in [0.15, 0.2) is 5.17 Å². The number of aromatic nitrogens is 1. The van der Waals surface area contributed by atoms with Crippen LogP contribution in [0, 0.1) is 13.8 Å². The van der Waals surface area contributed by atoms with Crippen molar-refractivity contribution in [3.8, 4) is 0 Å². The average molecular weight is 359 g/mol. The lowest BCUT2D eigenvalue weighted by Crippen LogP contribution is -2.26. The largest absolute Gasteiger partial charge is 0.348 e. The number of aliphatic imine (C=N–C) groups is 1. The fraction of sp³-hybridized carbons (Fsp3) is 0.444. The van der Waals surface area contributed by atoms with Gasteiger partial charge in [0.2, 0.25) is 0 Å². The van der Waals surface area contributed by atoms with E-state index >= 15 is 0 Å². The van der Waals surface area contributed by atoms with Gasteiger partial charge in [-0.25, -0.2) is 0 Å². The first-order valence-electron chi connectivity index (χ1n) is 8.43. The molecule has 6 heteroatoms. The molecule has 0 aromatic carbocycles. The Balaban J connectivity index is 1.49. The maximum Gasteiger partial charge on any atom is 0.177 e. The second-order valence-electron chi connectivity index (χ2n) is 6.39. The summed E-state index contributed by atoms with van der Waals surface area (Å²) in [5, 5.41) is 7.72. The minimum absolute atomic E-state index is 0.541. The summed E-state index contributed by atoms with van der Waals surface area (Å²) in [6.07, 6.45) is 3.55. The smallest absolute Gasteiger partial charge is 0.177 e. The molecule has 2 aromatic rings. The summed E-state index contributed by atoms with van der Waals surface area (Å²) in [7, 11) is 0. The van der Waals surface area contributed by atoms with Crippen molar-refractivity contribution in [2.75, 3.05) is 5.75 Å². The Bertz CT molecular complexity index is 782. The van der Waals surface area contributed by atoms with E-state index in [2.05, 4.69) is 57.5 Å². The Morgan fingerprint density at radius 1 is 1.38 bits per heavy atom. The number of hydrazone groups is 1. The minimum Gasteiger partial charge on any atom is -0.348 e. The third-order valence-corrected chi connectivity index (χ3v) is 6.35. The van der Waals surface area contributed by atoms with Crippen LogP contribution in [0.15, 0.2) is 33.7 Å². The zero-order valence-electron chi connectivity index (χ0n) is 14.1. The van der Waals surface area contributed by atoms with Crippen molar-refractivity contribution in [3.63, 3.8) is 0 Å². The van der Waals surface area contributed by atoms with Gasteiger partial charge in [-0.2, -0.15) is 5.10 Å². The van der Waals surface area contributed by atoms with Crippen LogP contribution >= 0.6 is 23.1 Å². The third kappa shape index (κ3) is 3.44. The maximum atomic E-state index is 4.64. The number of hydrogen-bond acceptors (Lipinski definition) is 4. The van der Waals surface area contributed by atoms with Crippen LogP contribution in [0.1, 0.15) is 34.7 Å². The summed E-state index contributed by atoms with van der Waals surface area (Å²) in [5.41, 5.74) is 8.16. The van der Waals surface area contributed by atoms with Gasteiger partial charge in [0, 0.05) is 34.1 Å². The molecule has 0 spiro atoms. The molecule has 1 N–H and O–H groups in total. The van der Waals surface area contributed by atoms with E-state index in [-0.39, 0.29) is 0 Å². The Labute approximate surface area is 151 Å². The summed E-state index contributed by atoms with van der Waals surface area (Å²) < 4.78 is 2.41. The molecule has 0 bridgehead atoms. The number of aryl methyl sites for hydroxylation is 2. The molecule has 3 heterocycles. The summed E-state index contributed by atoms with van der Waals surface area (Å²) in [6, 6.07) is 7.15. The minimum atomic E-state index is 0.541. The second kappa shape index (κ2) is 6.76. The highest BCUT2D eigenvalue weighted by Gasteiger charge is 2.23. The maximum absolute atomic E-state index is 4.64. The first kappa shape index (κ1) is 16.0. The molecule has 1 aliphatic carbocycles. The molecule has 0 unspecified atom stereocenters. The van der Waals surface area contributed by atoms with E-state index in [9.17, 15) is 0 Å². The lowest BCUT2D eigenvalue weighted by Gasteiger charge is -2.15. The Kier molecular flexibility index (Phi) is 4.50. The molecule has 1 fully saturated rings. The summed E-state index contributed by atoms with van der Waals surface area (Å²) >= 11 is 3.61. The molecule has 126 valence electrons. The van der Waals surface area contributed by atoms with E-state index in [1.807, 2.05) is 11.3 Å². The van der Waals surface area contributed by atoms with Gasteiger partial charge in [0.05, 0.1) is 11.8 Å². The van der Waals surface area contributed by atoms with Crippen LogP contribution in [0.5, 0.6) is 0 Å². The van der Waals surface area contributed by atoms with E-state index in [0.717, 1.165) is 29.6 Å². The number of amidine groups is 1. The molecule has 0 radical (unpaired) electrons. The Hall–Kier alpha value is -1.53. The average Bonchev–Trinajstić information content (AvgIpc) is 3.15. The van der Waals surface area contributed by atoms with Crippen LogP contribution in [0.3, 0.4) is 0 Å². The van der Waals surface area contributed by atoms with Crippen molar-refractivity contribution >= 4 is 34.0 Å². The van der Waals surface area contributed by atoms with Crippen molar-refractivity contribution < 1.29 is 0 Å². The quantitative estimate of drug-likeness (QED) is 0.879. The van der Waals surface area contributed by atoms with Crippen LogP contribution in [0.25, 0.3) is 0 Å². The lowest BCUT2D eigenvalue weighted by atomic mass is 10.1. The fourth-order valence-electron chi connectivity index (χ4n) is 3.00. The summed E-state index contributed by atoms with van der Waals surface area (Å²) in [4.78, 5) is 6.08. The first-order chi connectivity index (χ1) is 11.7. The van der Waals surface area contributed by atoms with Gasteiger partial charge in [-0.1, -0.05) is 17.8 Å². The molecule has 1 aliphatic heterocycles. The number of hydrogen-bond donors (Lipinski definition) is 1. The molecule has 24 heavy (non-hydrogen) atoms. The highest BCUT2D eigenvalue weighted by atomic mass is 32.2. The molecular formula is C18H22N4S2. The second-order valence-corrected chi connectivity index (χ2v) is 8.39. The number of nitrogens with zero attached hydrogens (tertiary/aromatic N) is 3. The van der Waals surface area contributed by atoms with Gasteiger partial charge < -0.3 is 4.57 Å². The van der Waals surface area contributed by atoms with Crippen molar-refractivity contribution in [2.45, 2.75) is 45.7 Å². The fourth-order valence-corrected chi connectivity index (χ4v) is 4.53. The number of rotatable bonds is 5. The predicted molar refractivity (Wildman–Crippen MR) is 105 cm³/mol. The Morgan fingerprint density at radius 3 is 2.92 bits per heavy atom. The summed E-state index contributed by atoms with van der Waals surface area (Å²) in [5.74, 6) is 0.897. The van der Waals surface area contributed by atoms with Gasteiger partial charge in [0.1, 0.15) is 0 Å². The van der Waals surface area contributed by atoms with E-state index in [1.165, 1.54) is 34.7 Å². The molecule has 4 nitrogen and oxygen atoms in total. The third-order valence-electron chi connectivity index (χ3n) is 4.53. The molecular weight excluding hydrogens is 336 g/mol. The van der Waals surface area contributed by atoms with E-state index < -0.39 is 0 Å². The van der Waals surface area contributed by atoms with Gasteiger partial charge in [-0.3, -0.25) is 10.4 Å². The molecule has 2 aliphatic rings. The van der Waals surface area contributed by atoms with Crippen molar-refractivity contribution in [1.29, 1.82) is 0 Å². The molecule has 0 saturated heterocycles. The molecule has 2 aromatic heterocycles. The zero-order chi connectivity index (χ0) is 16.5. The molecule has 4 rings (SSSR count). The van der Waals surface area contributed by atoms with Crippen molar-refractivity contribution in [3.05, 3.63) is 45.4 Å². The molecule has 0 amide bonds. The van der Waals surface area contributed by atoms with Crippen LogP contribution < -0.4 is 5.43 Å². The summed E-state index contributed by atoms with van der Waals surface area (Å²) in [6.45, 7) is 5.42. The highest BCUT2D eigenvalue weighted by Crippen LogP contribution is 2.26. The zero-order valence-corrected chi connectivity index (χ0v) is 15.7. The predicted octanol–water partition coefficient (Wildman–Crippen LogP) is 3.97. The van der Waals surface area contributed by atoms with Gasteiger partial charge in [-0.05, 0) is 50.6 Å². The van der Waals surface area contributed by atoms with E-state index in [4.69, 9.17) is 0 Å². The first-order valence-corrected chi connectivity index (χ1v) is 10.3. The van der Waals surface area contributed by atoms with Gasteiger partial charge in [0.25, 0.3) is 0 Å². The van der Waals surface area contributed by atoms with Crippen LogP contribution in [0.4, 0.5) is 0 Å².